The second-order valence-electron chi connectivity index (χ2n) is 4.46. The zero-order valence-electron chi connectivity index (χ0n) is 11.2. The maximum Gasteiger partial charge on any atom is 0.387 e. The minimum Gasteiger partial charge on any atom is -0.432 e. The molecule has 2 rings (SSSR count). The van der Waals surface area contributed by atoms with E-state index in [9.17, 15) is 13.2 Å². The summed E-state index contributed by atoms with van der Waals surface area (Å²) in [6, 6.07) is 9.69. The van der Waals surface area contributed by atoms with Crippen molar-refractivity contribution in [2.75, 3.05) is 5.32 Å². The van der Waals surface area contributed by atoms with Crippen LogP contribution in [-0.4, -0.2) is 6.61 Å². The fourth-order valence-electron chi connectivity index (χ4n) is 1.75. The van der Waals surface area contributed by atoms with Crippen LogP contribution in [-0.2, 0) is 6.54 Å². The average Bonchev–Trinajstić information content (AvgIpc) is 2.42. The zero-order chi connectivity index (χ0) is 15.4. The van der Waals surface area contributed by atoms with Crippen molar-refractivity contribution in [3.8, 4) is 5.75 Å². The topological polar surface area (TPSA) is 21.3 Å². The monoisotopic (exact) mass is 359 g/mol. The summed E-state index contributed by atoms with van der Waals surface area (Å²) in [4.78, 5) is 0. The Morgan fingerprint density at radius 2 is 1.95 bits per heavy atom. The molecule has 0 saturated carbocycles. The molecule has 1 N–H and O–H groups in total. The molecule has 0 heterocycles. The summed E-state index contributed by atoms with van der Waals surface area (Å²) < 4.78 is 42.7. The van der Waals surface area contributed by atoms with Gasteiger partial charge in [0.2, 0.25) is 0 Å². The van der Waals surface area contributed by atoms with E-state index in [0.717, 1.165) is 21.7 Å². The molecule has 0 fully saturated rings. The van der Waals surface area contributed by atoms with Crippen molar-refractivity contribution in [3.63, 3.8) is 0 Å². The molecule has 0 radical (unpaired) electrons. The maximum absolute atomic E-state index is 13.5. The molecule has 0 aliphatic heterocycles. The van der Waals surface area contributed by atoms with E-state index in [1.54, 1.807) is 0 Å². The fraction of sp³-hybridized carbons (Fsp3) is 0.200. The number of ether oxygens (including phenoxy) is 1. The molecule has 0 aliphatic rings. The third-order valence-electron chi connectivity index (χ3n) is 2.88. The number of anilines is 1. The zero-order valence-corrected chi connectivity index (χ0v) is 12.8. The van der Waals surface area contributed by atoms with Crippen LogP contribution in [0, 0.1) is 12.7 Å². The highest BCUT2D eigenvalue weighted by atomic mass is 79.9. The molecule has 0 atom stereocenters. The van der Waals surface area contributed by atoms with Gasteiger partial charge in [-0.05, 0) is 36.2 Å². The van der Waals surface area contributed by atoms with Crippen molar-refractivity contribution in [2.24, 2.45) is 0 Å². The van der Waals surface area contributed by atoms with Crippen molar-refractivity contribution in [3.05, 3.63) is 57.8 Å². The number of hydrogen-bond donors (Lipinski definition) is 1. The number of rotatable bonds is 5. The first-order valence-electron chi connectivity index (χ1n) is 6.19. The van der Waals surface area contributed by atoms with Gasteiger partial charge in [0.05, 0.1) is 0 Å². The largest absolute Gasteiger partial charge is 0.432 e. The first-order chi connectivity index (χ1) is 9.95. The Balaban J connectivity index is 2.03. The van der Waals surface area contributed by atoms with Gasteiger partial charge in [-0.1, -0.05) is 28.1 Å². The molecule has 2 aromatic carbocycles. The van der Waals surface area contributed by atoms with Gasteiger partial charge in [0.15, 0.2) is 11.6 Å². The van der Waals surface area contributed by atoms with Gasteiger partial charge in [-0.2, -0.15) is 8.78 Å². The molecule has 2 nitrogen and oxygen atoms in total. The number of alkyl halides is 2. The van der Waals surface area contributed by atoms with Crippen molar-refractivity contribution in [1.29, 1.82) is 0 Å². The summed E-state index contributed by atoms with van der Waals surface area (Å²) in [6.07, 6.45) is 0. The highest BCUT2D eigenvalue weighted by molar-refractivity contribution is 9.10. The molecule has 112 valence electrons. The van der Waals surface area contributed by atoms with Crippen LogP contribution >= 0.6 is 15.9 Å². The highest BCUT2D eigenvalue weighted by Crippen LogP contribution is 2.24. The molecular weight excluding hydrogens is 347 g/mol. The Morgan fingerprint density at radius 1 is 1.19 bits per heavy atom. The summed E-state index contributed by atoms with van der Waals surface area (Å²) >= 11 is 3.44. The Kier molecular flexibility index (Phi) is 5.12. The third kappa shape index (κ3) is 4.39. The Bertz CT molecular complexity index is 634. The lowest BCUT2D eigenvalue weighted by Crippen LogP contribution is -2.05. The second kappa shape index (κ2) is 6.85. The summed E-state index contributed by atoms with van der Waals surface area (Å²) in [5.74, 6) is -1.29. The number of halogens is 4. The van der Waals surface area contributed by atoms with Crippen LogP contribution in [0.5, 0.6) is 5.75 Å². The fourth-order valence-corrected chi connectivity index (χ4v) is 2.18. The Hall–Kier alpha value is -1.69. The lowest BCUT2D eigenvalue weighted by molar-refractivity contribution is -0.0521. The average molecular weight is 360 g/mol. The highest BCUT2D eigenvalue weighted by Gasteiger charge is 2.10. The molecule has 0 saturated heterocycles. The van der Waals surface area contributed by atoms with Crippen LogP contribution in [0.3, 0.4) is 0 Å². The molecule has 0 bridgehead atoms. The van der Waals surface area contributed by atoms with E-state index < -0.39 is 18.2 Å². The van der Waals surface area contributed by atoms with Crippen molar-refractivity contribution < 1.29 is 17.9 Å². The standard InChI is InChI=1S/C15H13BrF3NO/c1-9-2-3-10(6-12(9)16)8-20-11-4-5-14(13(17)7-11)21-15(18)19/h2-7,15,20H,8H2,1H3. The lowest BCUT2D eigenvalue weighted by Gasteiger charge is -2.10. The molecular formula is C15H13BrF3NO. The van der Waals surface area contributed by atoms with Gasteiger partial charge in [0, 0.05) is 22.8 Å². The summed E-state index contributed by atoms with van der Waals surface area (Å²) in [7, 11) is 0. The number of nitrogens with one attached hydrogen (secondary N) is 1. The Labute approximate surface area is 129 Å². The van der Waals surface area contributed by atoms with Crippen LogP contribution in [0.15, 0.2) is 40.9 Å². The molecule has 2 aromatic rings. The molecule has 6 heteroatoms. The van der Waals surface area contributed by atoms with Gasteiger partial charge in [-0.3, -0.25) is 0 Å². The van der Waals surface area contributed by atoms with E-state index in [2.05, 4.69) is 26.0 Å². The molecule has 0 unspecified atom stereocenters. The van der Waals surface area contributed by atoms with Crippen molar-refractivity contribution in [2.45, 2.75) is 20.1 Å². The van der Waals surface area contributed by atoms with Crippen LogP contribution in [0.25, 0.3) is 0 Å². The quantitative estimate of drug-likeness (QED) is 0.800. The third-order valence-corrected chi connectivity index (χ3v) is 3.74. The predicted molar refractivity (Wildman–Crippen MR) is 79.2 cm³/mol. The first kappa shape index (κ1) is 15.7. The van der Waals surface area contributed by atoms with E-state index in [0.29, 0.717) is 12.2 Å². The van der Waals surface area contributed by atoms with Crippen molar-refractivity contribution >= 4 is 21.6 Å². The smallest absolute Gasteiger partial charge is 0.387 e. The SMILES string of the molecule is Cc1ccc(CNc2ccc(OC(F)F)c(F)c2)cc1Br. The van der Waals surface area contributed by atoms with Crippen molar-refractivity contribution in [1.82, 2.24) is 0 Å². The first-order valence-corrected chi connectivity index (χ1v) is 6.98. The number of aryl methyl sites for hydroxylation is 1. The van der Waals surface area contributed by atoms with E-state index in [1.165, 1.54) is 12.1 Å². The molecule has 0 spiro atoms. The Morgan fingerprint density at radius 3 is 2.57 bits per heavy atom. The second-order valence-corrected chi connectivity index (χ2v) is 5.32. The summed E-state index contributed by atoms with van der Waals surface area (Å²) in [5.41, 5.74) is 2.63. The molecule has 0 amide bonds. The number of benzene rings is 2. The van der Waals surface area contributed by atoms with E-state index >= 15 is 0 Å². The minimum atomic E-state index is -3.04. The minimum absolute atomic E-state index is 0.464. The predicted octanol–water partition coefficient (Wildman–Crippen LogP) is 5.11. The molecule has 21 heavy (non-hydrogen) atoms. The summed E-state index contributed by atoms with van der Waals surface area (Å²) in [6.45, 7) is -0.561. The van der Waals surface area contributed by atoms with Crippen LogP contribution < -0.4 is 10.1 Å². The molecule has 0 aliphatic carbocycles. The van der Waals surface area contributed by atoms with Crippen LogP contribution in [0.4, 0.5) is 18.9 Å². The van der Waals surface area contributed by atoms with Gasteiger partial charge in [-0.15, -0.1) is 0 Å². The van der Waals surface area contributed by atoms with E-state index in [4.69, 9.17) is 0 Å². The lowest BCUT2D eigenvalue weighted by atomic mass is 10.1. The molecule has 0 aromatic heterocycles. The van der Waals surface area contributed by atoms with E-state index in [1.807, 2.05) is 25.1 Å². The van der Waals surface area contributed by atoms with Crippen LogP contribution in [0.1, 0.15) is 11.1 Å². The normalized spacial score (nSPS) is 10.8. The summed E-state index contributed by atoms with van der Waals surface area (Å²) in [5, 5.41) is 3.03. The van der Waals surface area contributed by atoms with Gasteiger partial charge in [0.25, 0.3) is 0 Å². The van der Waals surface area contributed by atoms with Gasteiger partial charge < -0.3 is 10.1 Å². The van der Waals surface area contributed by atoms with Gasteiger partial charge >= 0.3 is 6.61 Å². The van der Waals surface area contributed by atoms with Gasteiger partial charge in [0.1, 0.15) is 0 Å². The van der Waals surface area contributed by atoms with E-state index in [-0.39, 0.29) is 0 Å². The number of hydrogen-bond acceptors (Lipinski definition) is 2. The maximum atomic E-state index is 13.5. The van der Waals surface area contributed by atoms with Gasteiger partial charge in [-0.25, -0.2) is 4.39 Å². The van der Waals surface area contributed by atoms with Crippen LogP contribution in [0.2, 0.25) is 0 Å².